The van der Waals surface area contributed by atoms with Gasteiger partial charge in [0.2, 0.25) is 10.0 Å². The van der Waals surface area contributed by atoms with Crippen molar-refractivity contribution in [1.82, 2.24) is 9.62 Å². The van der Waals surface area contributed by atoms with Crippen LogP contribution in [0.25, 0.3) is 0 Å². The third kappa shape index (κ3) is 3.03. The van der Waals surface area contributed by atoms with Crippen molar-refractivity contribution in [3.8, 4) is 0 Å². The quantitative estimate of drug-likeness (QED) is 0.914. The van der Waals surface area contributed by atoms with Gasteiger partial charge in [-0.15, -0.1) is 12.4 Å². The molecule has 1 aliphatic rings. The smallest absolute Gasteiger partial charge is 0.243 e. The first kappa shape index (κ1) is 15.4. The van der Waals surface area contributed by atoms with E-state index in [9.17, 15) is 8.42 Å². The summed E-state index contributed by atoms with van der Waals surface area (Å²) in [5, 5.41) is 3.06. The number of likely N-dealkylation sites (N-methyl/N-ethyl adjacent to an activating group) is 1. The van der Waals surface area contributed by atoms with E-state index in [4.69, 9.17) is 0 Å². The third-order valence-electron chi connectivity index (χ3n) is 3.11. The van der Waals surface area contributed by atoms with E-state index in [-0.39, 0.29) is 18.4 Å². The SMILES string of the molecule is CNCC1CCCN1S(=O)(=O)c1ccccc1.Cl. The van der Waals surface area contributed by atoms with E-state index in [1.54, 1.807) is 28.6 Å². The molecule has 1 heterocycles. The van der Waals surface area contributed by atoms with E-state index in [1.165, 1.54) is 0 Å². The molecule has 0 spiro atoms. The summed E-state index contributed by atoms with van der Waals surface area (Å²) in [7, 11) is -1.46. The van der Waals surface area contributed by atoms with E-state index >= 15 is 0 Å². The van der Waals surface area contributed by atoms with Crippen molar-refractivity contribution in [2.24, 2.45) is 0 Å². The van der Waals surface area contributed by atoms with Crippen molar-refractivity contribution < 1.29 is 8.42 Å². The number of hydrogen-bond acceptors (Lipinski definition) is 3. The molecule has 1 aromatic carbocycles. The zero-order valence-corrected chi connectivity index (χ0v) is 12.0. The molecule has 1 atom stereocenters. The molecule has 1 aromatic rings. The van der Waals surface area contributed by atoms with Gasteiger partial charge in [0, 0.05) is 19.1 Å². The highest BCUT2D eigenvalue weighted by Crippen LogP contribution is 2.25. The Morgan fingerprint density at radius 1 is 1.33 bits per heavy atom. The second-order valence-corrected chi connectivity index (χ2v) is 6.17. The summed E-state index contributed by atoms with van der Waals surface area (Å²) in [5.41, 5.74) is 0. The molecule has 0 aromatic heterocycles. The molecule has 1 fully saturated rings. The van der Waals surface area contributed by atoms with Crippen LogP contribution in [0.3, 0.4) is 0 Å². The Morgan fingerprint density at radius 2 is 2.00 bits per heavy atom. The van der Waals surface area contributed by atoms with Crippen LogP contribution < -0.4 is 5.32 Å². The molecule has 4 nitrogen and oxygen atoms in total. The third-order valence-corrected chi connectivity index (χ3v) is 5.08. The van der Waals surface area contributed by atoms with Gasteiger partial charge in [-0.1, -0.05) is 18.2 Å². The molecular weight excluding hydrogens is 272 g/mol. The Balaban J connectivity index is 0.00000162. The van der Waals surface area contributed by atoms with Gasteiger partial charge in [0.05, 0.1) is 4.90 Å². The minimum atomic E-state index is -3.32. The average molecular weight is 291 g/mol. The van der Waals surface area contributed by atoms with E-state index in [0.29, 0.717) is 18.0 Å². The molecule has 0 saturated carbocycles. The molecular formula is C12H19ClN2O2S. The number of sulfonamides is 1. The zero-order valence-electron chi connectivity index (χ0n) is 10.4. The van der Waals surface area contributed by atoms with E-state index in [2.05, 4.69) is 5.32 Å². The van der Waals surface area contributed by atoms with Gasteiger partial charge in [0.1, 0.15) is 0 Å². The Bertz CT molecular complexity index is 464. The maximum Gasteiger partial charge on any atom is 0.243 e. The van der Waals surface area contributed by atoms with Crippen LogP contribution in [-0.2, 0) is 10.0 Å². The number of halogens is 1. The van der Waals surface area contributed by atoms with Gasteiger partial charge in [-0.25, -0.2) is 8.42 Å². The highest BCUT2D eigenvalue weighted by molar-refractivity contribution is 7.89. The van der Waals surface area contributed by atoms with Gasteiger partial charge >= 0.3 is 0 Å². The minimum Gasteiger partial charge on any atom is -0.318 e. The van der Waals surface area contributed by atoms with Crippen molar-refractivity contribution in [2.45, 2.75) is 23.8 Å². The maximum absolute atomic E-state index is 12.4. The van der Waals surface area contributed by atoms with Gasteiger partial charge in [0.15, 0.2) is 0 Å². The Hall–Kier alpha value is -0.620. The molecule has 0 amide bonds. The molecule has 2 rings (SSSR count). The average Bonchev–Trinajstić information content (AvgIpc) is 2.80. The molecule has 1 unspecified atom stereocenters. The normalized spacial score (nSPS) is 20.6. The van der Waals surface area contributed by atoms with Crippen LogP contribution in [0.4, 0.5) is 0 Å². The lowest BCUT2D eigenvalue weighted by molar-refractivity contribution is 0.379. The lowest BCUT2D eigenvalue weighted by Crippen LogP contribution is -2.40. The summed E-state index contributed by atoms with van der Waals surface area (Å²) in [6, 6.07) is 8.75. The number of rotatable bonds is 4. The standard InChI is InChI=1S/C12H18N2O2S.ClH/c1-13-10-11-6-5-9-14(11)17(15,16)12-7-3-2-4-8-12;/h2-4,7-8,11,13H,5-6,9-10H2,1H3;1H. The van der Waals surface area contributed by atoms with Crippen molar-refractivity contribution in [3.05, 3.63) is 30.3 Å². The predicted octanol–water partition coefficient (Wildman–Crippen LogP) is 1.48. The van der Waals surface area contributed by atoms with Gasteiger partial charge in [-0.3, -0.25) is 0 Å². The topological polar surface area (TPSA) is 49.4 Å². The van der Waals surface area contributed by atoms with Crippen LogP contribution in [-0.4, -0.2) is 38.9 Å². The molecule has 18 heavy (non-hydrogen) atoms. The van der Waals surface area contributed by atoms with E-state index in [1.807, 2.05) is 13.1 Å². The first-order valence-corrected chi connectivity index (χ1v) is 7.32. The summed E-state index contributed by atoms with van der Waals surface area (Å²) in [4.78, 5) is 0.392. The van der Waals surface area contributed by atoms with Crippen molar-refractivity contribution in [1.29, 1.82) is 0 Å². The number of nitrogens with one attached hydrogen (secondary N) is 1. The van der Waals surface area contributed by atoms with Gasteiger partial charge in [0.25, 0.3) is 0 Å². The second kappa shape index (κ2) is 6.52. The fraction of sp³-hybridized carbons (Fsp3) is 0.500. The molecule has 102 valence electrons. The molecule has 0 bridgehead atoms. The molecule has 0 radical (unpaired) electrons. The number of hydrogen-bond donors (Lipinski definition) is 1. The highest BCUT2D eigenvalue weighted by Gasteiger charge is 2.34. The molecule has 0 aliphatic carbocycles. The van der Waals surface area contributed by atoms with E-state index in [0.717, 1.165) is 12.8 Å². The lowest BCUT2D eigenvalue weighted by Gasteiger charge is -2.23. The maximum atomic E-state index is 12.4. The monoisotopic (exact) mass is 290 g/mol. The van der Waals surface area contributed by atoms with Crippen molar-refractivity contribution in [3.63, 3.8) is 0 Å². The van der Waals surface area contributed by atoms with Crippen molar-refractivity contribution in [2.75, 3.05) is 20.1 Å². The Labute approximate surface area is 115 Å². The molecule has 1 N–H and O–H groups in total. The second-order valence-electron chi connectivity index (χ2n) is 4.28. The lowest BCUT2D eigenvalue weighted by atomic mass is 10.2. The summed E-state index contributed by atoms with van der Waals surface area (Å²) in [6.07, 6.45) is 1.88. The fourth-order valence-electron chi connectivity index (χ4n) is 2.29. The van der Waals surface area contributed by atoms with Crippen LogP contribution in [0.5, 0.6) is 0 Å². The Kier molecular flexibility index (Phi) is 5.59. The minimum absolute atomic E-state index is 0. The zero-order chi connectivity index (χ0) is 12.3. The van der Waals surface area contributed by atoms with Gasteiger partial charge in [-0.2, -0.15) is 4.31 Å². The summed E-state index contributed by atoms with van der Waals surface area (Å²) in [6.45, 7) is 1.34. The van der Waals surface area contributed by atoms with Crippen LogP contribution in [0.1, 0.15) is 12.8 Å². The summed E-state index contributed by atoms with van der Waals surface area (Å²) >= 11 is 0. The molecule has 1 saturated heterocycles. The molecule has 6 heteroatoms. The number of nitrogens with zero attached hydrogens (tertiary/aromatic N) is 1. The van der Waals surface area contributed by atoms with Crippen LogP contribution in [0, 0.1) is 0 Å². The highest BCUT2D eigenvalue weighted by atomic mass is 35.5. The van der Waals surface area contributed by atoms with Crippen LogP contribution in [0.15, 0.2) is 35.2 Å². The van der Waals surface area contributed by atoms with E-state index < -0.39 is 10.0 Å². The first-order chi connectivity index (χ1) is 8.16. The number of benzene rings is 1. The van der Waals surface area contributed by atoms with Crippen LogP contribution in [0.2, 0.25) is 0 Å². The summed E-state index contributed by atoms with van der Waals surface area (Å²) < 4.78 is 26.5. The first-order valence-electron chi connectivity index (χ1n) is 5.88. The fourth-order valence-corrected chi connectivity index (χ4v) is 4.01. The van der Waals surface area contributed by atoms with Gasteiger partial charge < -0.3 is 5.32 Å². The summed E-state index contributed by atoms with van der Waals surface area (Å²) in [5.74, 6) is 0. The van der Waals surface area contributed by atoms with Gasteiger partial charge in [-0.05, 0) is 32.0 Å². The molecule has 1 aliphatic heterocycles. The van der Waals surface area contributed by atoms with Crippen molar-refractivity contribution >= 4 is 22.4 Å². The largest absolute Gasteiger partial charge is 0.318 e. The predicted molar refractivity (Wildman–Crippen MR) is 74.5 cm³/mol. The van der Waals surface area contributed by atoms with Crippen LogP contribution >= 0.6 is 12.4 Å². The Morgan fingerprint density at radius 3 is 2.61 bits per heavy atom.